The van der Waals surface area contributed by atoms with Crippen LogP contribution in [0.15, 0.2) is 103 Å². The van der Waals surface area contributed by atoms with Gasteiger partial charge in [0.05, 0.1) is 30.5 Å². The molecule has 7 nitrogen and oxygen atoms in total. The Morgan fingerprint density at radius 1 is 0.837 bits per heavy atom. The fourth-order valence-electron chi connectivity index (χ4n) is 5.40. The highest BCUT2D eigenvalue weighted by atomic mass is 16.5. The van der Waals surface area contributed by atoms with E-state index in [-0.39, 0.29) is 43.3 Å². The minimum Gasteiger partial charge on any atom is -0.463 e. The van der Waals surface area contributed by atoms with Crippen molar-refractivity contribution < 1.29 is 24.2 Å². The van der Waals surface area contributed by atoms with Crippen molar-refractivity contribution in [2.45, 2.75) is 57.0 Å². The molecule has 0 saturated carbocycles. The summed E-state index contributed by atoms with van der Waals surface area (Å²) in [6.07, 6.45) is 7.13. The van der Waals surface area contributed by atoms with Crippen molar-refractivity contribution in [1.29, 1.82) is 0 Å². The van der Waals surface area contributed by atoms with E-state index in [9.17, 15) is 19.5 Å². The van der Waals surface area contributed by atoms with Gasteiger partial charge in [-0.15, -0.1) is 0 Å². The van der Waals surface area contributed by atoms with Crippen LogP contribution in [0.5, 0.6) is 0 Å². The lowest BCUT2D eigenvalue weighted by molar-refractivity contribution is -0.150. The summed E-state index contributed by atoms with van der Waals surface area (Å²) in [5, 5.41) is 15.9. The molecule has 2 amide bonds. The summed E-state index contributed by atoms with van der Waals surface area (Å²) in [4.78, 5) is 39.9. The van der Waals surface area contributed by atoms with E-state index in [1.54, 1.807) is 0 Å². The van der Waals surface area contributed by atoms with Crippen LogP contribution < -0.4 is 10.6 Å². The monoisotopic (exact) mass is 582 g/mol. The van der Waals surface area contributed by atoms with Gasteiger partial charge >= 0.3 is 5.97 Å². The predicted octanol–water partition coefficient (Wildman–Crippen LogP) is 4.58. The zero-order valence-electron chi connectivity index (χ0n) is 24.6. The van der Waals surface area contributed by atoms with Gasteiger partial charge in [0.15, 0.2) is 0 Å². The largest absolute Gasteiger partial charge is 0.463 e. The highest BCUT2D eigenvalue weighted by Crippen LogP contribution is 2.19. The molecule has 0 aromatic heterocycles. The second-order valence-electron chi connectivity index (χ2n) is 11.2. The quantitative estimate of drug-likeness (QED) is 0.240. The lowest BCUT2D eigenvalue weighted by Gasteiger charge is -2.24. The second kappa shape index (κ2) is 17.0. The maximum atomic E-state index is 13.6. The molecule has 226 valence electrons. The standard InChI is InChI=1S/C36H42N2O5/c39-25-32(22-28-15-7-2-8-16-28)37-34(40)24-30-19-11-4-12-20-31(21-27-13-5-1-6-14-27)36(42)43-26-33(38-35(30)41)23-29-17-9-3-10-18-29/h1-11,13-18,30-33,39H,12,19-26H2,(H,37,40)(H,38,41). The molecular weight excluding hydrogens is 540 g/mol. The molecule has 0 saturated heterocycles. The van der Waals surface area contributed by atoms with Crippen LogP contribution in [0.4, 0.5) is 0 Å². The summed E-state index contributed by atoms with van der Waals surface area (Å²) in [5.41, 5.74) is 3.09. The van der Waals surface area contributed by atoms with Crippen molar-refractivity contribution in [1.82, 2.24) is 10.6 Å². The summed E-state index contributed by atoms with van der Waals surface area (Å²) in [5.74, 6) is -1.74. The van der Waals surface area contributed by atoms with E-state index >= 15 is 0 Å². The third-order valence-corrected chi connectivity index (χ3v) is 7.74. The number of aliphatic hydroxyl groups is 1. The number of hydrogen-bond donors (Lipinski definition) is 3. The van der Waals surface area contributed by atoms with Gasteiger partial charge in [-0.3, -0.25) is 14.4 Å². The van der Waals surface area contributed by atoms with Gasteiger partial charge < -0.3 is 20.5 Å². The van der Waals surface area contributed by atoms with Crippen LogP contribution in [0.3, 0.4) is 0 Å². The van der Waals surface area contributed by atoms with Crippen LogP contribution >= 0.6 is 0 Å². The van der Waals surface area contributed by atoms with Crippen LogP contribution in [0, 0.1) is 11.8 Å². The fraction of sp³-hybridized carbons (Fsp3) is 0.361. The molecule has 0 fully saturated rings. The van der Waals surface area contributed by atoms with Crippen molar-refractivity contribution in [3.8, 4) is 0 Å². The smallest absolute Gasteiger partial charge is 0.309 e. The summed E-state index contributed by atoms with van der Waals surface area (Å²) in [7, 11) is 0. The van der Waals surface area contributed by atoms with Gasteiger partial charge in [-0.2, -0.15) is 0 Å². The Morgan fingerprint density at radius 2 is 1.44 bits per heavy atom. The molecule has 1 aliphatic heterocycles. The topological polar surface area (TPSA) is 105 Å². The van der Waals surface area contributed by atoms with Crippen LogP contribution in [0.2, 0.25) is 0 Å². The predicted molar refractivity (Wildman–Crippen MR) is 167 cm³/mol. The first-order chi connectivity index (χ1) is 21.0. The second-order valence-corrected chi connectivity index (χ2v) is 11.2. The fourth-order valence-corrected chi connectivity index (χ4v) is 5.40. The van der Waals surface area contributed by atoms with Gasteiger partial charge in [-0.25, -0.2) is 0 Å². The first-order valence-electron chi connectivity index (χ1n) is 15.1. The lowest BCUT2D eigenvalue weighted by Crippen LogP contribution is -2.45. The number of allylic oxidation sites excluding steroid dienone is 2. The molecule has 4 rings (SSSR count). The van der Waals surface area contributed by atoms with E-state index in [0.29, 0.717) is 38.5 Å². The zero-order valence-corrected chi connectivity index (χ0v) is 24.6. The van der Waals surface area contributed by atoms with E-state index in [1.807, 2.05) is 103 Å². The maximum absolute atomic E-state index is 13.6. The Kier molecular flexibility index (Phi) is 12.5. The van der Waals surface area contributed by atoms with Crippen molar-refractivity contribution >= 4 is 17.8 Å². The molecule has 1 heterocycles. The Bertz CT molecular complexity index is 1310. The molecule has 0 bridgehead atoms. The minimum atomic E-state index is -0.609. The molecule has 3 aromatic rings. The maximum Gasteiger partial charge on any atom is 0.309 e. The van der Waals surface area contributed by atoms with Crippen molar-refractivity contribution in [2.75, 3.05) is 13.2 Å². The molecule has 3 aromatic carbocycles. The number of carbonyl (C=O) groups excluding carboxylic acids is 3. The van der Waals surface area contributed by atoms with Gasteiger partial charge in [-0.05, 0) is 55.2 Å². The number of rotatable bonds is 10. The highest BCUT2D eigenvalue weighted by Gasteiger charge is 2.27. The summed E-state index contributed by atoms with van der Waals surface area (Å²) >= 11 is 0. The van der Waals surface area contributed by atoms with Crippen LogP contribution in [0.25, 0.3) is 0 Å². The third kappa shape index (κ3) is 10.8. The van der Waals surface area contributed by atoms with E-state index in [1.165, 1.54) is 0 Å². The number of amides is 2. The summed E-state index contributed by atoms with van der Waals surface area (Å²) in [6.45, 7) is -0.160. The average molecular weight is 583 g/mol. The zero-order chi connectivity index (χ0) is 30.3. The number of hydrogen-bond acceptors (Lipinski definition) is 5. The van der Waals surface area contributed by atoms with Crippen molar-refractivity contribution in [2.24, 2.45) is 11.8 Å². The molecule has 1 aliphatic rings. The number of esters is 1. The molecule has 4 atom stereocenters. The van der Waals surface area contributed by atoms with Crippen molar-refractivity contribution in [3.63, 3.8) is 0 Å². The normalized spacial score (nSPS) is 20.4. The summed E-state index contributed by atoms with van der Waals surface area (Å²) in [6, 6.07) is 28.4. The molecule has 0 radical (unpaired) electrons. The lowest BCUT2D eigenvalue weighted by atomic mass is 9.94. The van der Waals surface area contributed by atoms with Crippen molar-refractivity contribution in [3.05, 3.63) is 120 Å². The molecule has 3 N–H and O–H groups in total. The molecule has 7 heteroatoms. The van der Waals surface area contributed by atoms with Crippen LogP contribution in [-0.4, -0.2) is 48.2 Å². The first-order valence-corrected chi connectivity index (χ1v) is 15.1. The van der Waals surface area contributed by atoms with E-state index in [0.717, 1.165) is 16.7 Å². The number of nitrogens with one attached hydrogen (secondary N) is 2. The number of benzene rings is 3. The van der Waals surface area contributed by atoms with Gasteiger partial charge in [-0.1, -0.05) is 103 Å². The Morgan fingerprint density at radius 3 is 2.07 bits per heavy atom. The Hall–Kier alpha value is -4.23. The highest BCUT2D eigenvalue weighted by molar-refractivity contribution is 5.86. The van der Waals surface area contributed by atoms with E-state index in [4.69, 9.17) is 4.74 Å². The minimum absolute atomic E-state index is 0.0179. The Balaban J connectivity index is 1.47. The van der Waals surface area contributed by atoms with Crippen LogP contribution in [-0.2, 0) is 38.4 Å². The average Bonchev–Trinajstić information content (AvgIpc) is 3.03. The van der Waals surface area contributed by atoms with Gasteiger partial charge in [0.2, 0.25) is 11.8 Å². The molecule has 0 aliphatic carbocycles. The third-order valence-electron chi connectivity index (χ3n) is 7.74. The van der Waals surface area contributed by atoms with E-state index < -0.39 is 18.0 Å². The van der Waals surface area contributed by atoms with Gasteiger partial charge in [0.1, 0.15) is 6.61 Å². The number of carbonyl (C=O) groups is 3. The number of ether oxygens (including phenoxy) is 1. The van der Waals surface area contributed by atoms with Crippen LogP contribution in [0.1, 0.15) is 42.4 Å². The van der Waals surface area contributed by atoms with Gasteiger partial charge in [0, 0.05) is 6.42 Å². The first kappa shape index (κ1) is 31.7. The molecule has 43 heavy (non-hydrogen) atoms. The Labute approximate surface area is 254 Å². The SMILES string of the molecule is O=C(CC1CC=CCCC(Cc2ccccc2)C(=O)OCC(Cc2ccccc2)NC1=O)NC(CO)Cc1ccccc1. The number of aliphatic hydroxyl groups excluding tert-OH is 1. The molecule has 0 spiro atoms. The van der Waals surface area contributed by atoms with Gasteiger partial charge in [0.25, 0.3) is 0 Å². The number of cyclic esters (lactones) is 1. The van der Waals surface area contributed by atoms with E-state index in [2.05, 4.69) is 10.6 Å². The molecular formula is C36H42N2O5. The molecule has 4 unspecified atom stereocenters. The summed E-state index contributed by atoms with van der Waals surface area (Å²) < 4.78 is 5.83.